The molecule has 0 aliphatic carbocycles. The minimum Gasteiger partial charge on any atom is -0.339 e. The summed E-state index contributed by atoms with van der Waals surface area (Å²) >= 11 is 1.63. The van der Waals surface area contributed by atoms with E-state index in [1.165, 1.54) is 12.6 Å². The molecule has 2 fully saturated rings. The number of nitrogens with one attached hydrogen (secondary N) is 1. The van der Waals surface area contributed by atoms with Crippen LogP contribution in [0.2, 0.25) is 0 Å². The Morgan fingerprint density at radius 1 is 1.15 bits per heavy atom. The van der Waals surface area contributed by atoms with Crippen LogP contribution in [0.1, 0.15) is 12.0 Å². The van der Waals surface area contributed by atoms with Crippen LogP contribution in [0.15, 0.2) is 30.3 Å². The lowest BCUT2D eigenvalue weighted by atomic mass is 10.2. The molecule has 0 radical (unpaired) electrons. The van der Waals surface area contributed by atoms with Crippen molar-refractivity contribution >= 4 is 29.6 Å². The van der Waals surface area contributed by atoms with Crippen molar-refractivity contribution in [3.63, 3.8) is 0 Å². The Hall–Kier alpha value is -2.06. The number of hydrogen-bond donors (Lipinski definition) is 1. The Bertz CT molecular complexity index is 644. The van der Waals surface area contributed by atoms with Crippen molar-refractivity contribution < 1.29 is 14.4 Å². The monoisotopic (exact) mass is 376 g/mol. The highest BCUT2D eigenvalue weighted by molar-refractivity contribution is 7.99. The summed E-state index contributed by atoms with van der Waals surface area (Å²) in [4.78, 5) is 41.0. The number of imide groups is 1. The van der Waals surface area contributed by atoms with Gasteiger partial charge >= 0.3 is 6.03 Å². The maximum atomic E-state index is 12.4. The third kappa shape index (κ3) is 4.56. The van der Waals surface area contributed by atoms with Crippen LogP contribution in [0.5, 0.6) is 0 Å². The smallest absolute Gasteiger partial charge is 0.325 e. The van der Waals surface area contributed by atoms with Crippen molar-refractivity contribution in [1.29, 1.82) is 0 Å². The van der Waals surface area contributed by atoms with Gasteiger partial charge in [0.25, 0.3) is 0 Å². The summed E-state index contributed by atoms with van der Waals surface area (Å²) in [6.07, 6.45) is 0.0132. The van der Waals surface area contributed by atoms with Crippen molar-refractivity contribution in [2.24, 2.45) is 0 Å². The van der Waals surface area contributed by atoms with Crippen molar-refractivity contribution in [3.05, 3.63) is 35.9 Å². The van der Waals surface area contributed by atoms with Gasteiger partial charge in [-0.05, 0) is 5.56 Å². The zero-order chi connectivity index (χ0) is 18.5. The fourth-order valence-corrected chi connectivity index (χ4v) is 4.02. The van der Waals surface area contributed by atoms with Gasteiger partial charge in [-0.15, -0.1) is 11.8 Å². The van der Waals surface area contributed by atoms with Crippen molar-refractivity contribution in [2.45, 2.75) is 18.3 Å². The summed E-state index contributed by atoms with van der Waals surface area (Å²) in [5.74, 6) is 1.28. The van der Waals surface area contributed by atoms with E-state index in [0.717, 1.165) is 10.7 Å². The van der Waals surface area contributed by atoms with E-state index in [1.807, 2.05) is 23.1 Å². The maximum absolute atomic E-state index is 12.4. The molecular weight excluding hydrogens is 352 g/mol. The molecule has 7 nitrogen and oxygen atoms in total. The normalized spacial score (nSPS) is 21.7. The molecule has 4 amide bonds. The molecule has 2 heterocycles. The third-order valence-electron chi connectivity index (χ3n) is 4.78. The first-order valence-electron chi connectivity index (χ1n) is 8.75. The lowest BCUT2D eigenvalue weighted by Gasteiger charge is -2.41. The van der Waals surface area contributed by atoms with Gasteiger partial charge in [-0.1, -0.05) is 30.3 Å². The fourth-order valence-electron chi connectivity index (χ4n) is 3.13. The molecule has 0 saturated carbocycles. The number of piperazine rings is 1. The SMILES string of the molecule is CN1C(=O)CC(N2CCN(C(=O)CSCc3ccccc3)CC2)NC1=O. The Kier molecular flexibility index (Phi) is 6.16. The number of carbonyl (C=O) groups excluding carboxylic acids is 3. The predicted molar refractivity (Wildman–Crippen MR) is 100 cm³/mol. The quantitative estimate of drug-likeness (QED) is 0.829. The summed E-state index contributed by atoms with van der Waals surface area (Å²) in [5.41, 5.74) is 1.22. The highest BCUT2D eigenvalue weighted by Crippen LogP contribution is 2.15. The Morgan fingerprint density at radius 3 is 2.50 bits per heavy atom. The van der Waals surface area contributed by atoms with Crippen LogP contribution in [-0.4, -0.2) is 77.7 Å². The van der Waals surface area contributed by atoms with E-state index >= 15 is 0 Å². The van der Waals surface area contributed by atoms with Crippen molar-refractivity contribution in [1.82, 2.24) is 20.0 Å². The molecule has 1 atom stereocenters. The molecule has 0 spiro atoms. The third-order valence-corrected chi connectivity index (χ3v) is 5.77. The minimum atomic E-state index is -0.359. The number of urea groups is 1. The van der Waals surface area contributed by atoms with Gasteiger partial charge in [0, 0.05) is 39.0 Å². The van der Waals surface area contributed by atoms with Gasteiger partial charge in [0.1, 0.15) is 0 Å². The second kappa shape index (κ2) is 8.55. The number of nitrogens with zero attached hydrogens (tertiary/aromatic N) is 3. The average Bonchev–Trinajstić information content (AvgIpc) is 2.66. The summed E-state index contributed by atoms with van der Waals surface area (Å²) < 4.78 is 0. The summed E-state index contributed by atoms with van der Waals surface area (Å²) in [6.45, 7) is 2.58. The van der Waals surface area contributed by atoms with Crippen LogP contribution in [0.4, 0.5) is 4.79 Å². The molecule has 0 bridgehead atoms. The molecule has 1 aromatic rings. The molecule has 0 aromatic heterocycles. The minimum absolute atomic E-state index is 0.147. The van der Waals surface area contributed by atoms with Crippen LogP contribution in [-0.2, 0) is 15.3 Å². The first-order chi connectivity index (χ1) is 12.5. The van der Waals surface area contributed by atoms with Crippen LogP contribution >= 0.6 is 11.8 Å². The molecule has 1 aromatic carbocycles. The predicted octanol–water partition coefficient (Wildman–Crippen LogP) is 0.962. The molecule has 1 N–H and O–H groups in total. The number of hydrogen-bond acceptors (Lipinski definition) is 5. The lowest BCUT2D eigenvalue weighted by Crippen LogP contribution is -2.62. The zero-order valence-corrected chi connectivity index (χ0v) is 15.7. The molecule has 8 heteroatoms. The van der Waals surface area contributed by atoms with Gasteiger partial charge in [0.05, 0.1) is 18.3 Å². The van der Waals surface area contributed by atoms with E-state index in [9.17, 15) is 14.4 Å². The second-order valence-corrected chi connectivity index (χ2v) is 7.50. The Balaban J connectivity index is 1.41. The van der Waals surface area contributed by atoms with Crippen LogP contribution < -0.4 is 5.32 Å². The van der Waals surface area contributed by atoms with Gasteiger partial charge in [-0.2, -0.15) is 0 Å². The van der Waals surface area contributed by atoms with E-state index in [1.54, 1.807) is 11.8 Å². The second-order valence-electron chi connectivity index (χ2n) is 6.52. The fraction of sp³-hybridized carbons (Fsp3) is 0.500. The largest absolute Gasteiger partial charge is 0.339 e. The van der Waals surface area contributed by atoms with Gasteiger partial charge in [0.2, 0.25) is 11.8 Å². The van der Waals surface area contributed by atoms with Crippen LogP contribution in [0.3, 0.4) is 0 Å². The van der Waals surface area contributed by atoms with Gasteiger partial charge in [-0.25, -0.2) is 4.79 Å². The molecule has 2 aliphatic heterocycles. The van der Waals surface area contributed by atoms with Gasteiger partial charge in [-0.3, -0.25) is 19.4 Å². The molecule has 3 rings (SSSR count). The topological polar surface area (TPSA) is 73.0 Å². The van der Waals surface area contributed by atoms with E-state index in [-0.39, 0.29) is 30.4 Å². The summed E-state index contributed by atoms with van der Waals surface area (Å²) in [6, 6.07) is 9.76. The molecule has 140 valence electrons. The maximum Gasteiger partial charge on any atom is 0.325 e. The van der Waals surface area contributed by atoms with Crippen molar-refractivity contribution in [2.75, 3.05) is 39.0 Å². The number of carbonyl (C=O) groups is 3. The van der Waals surface area contributed by atoms with Crippen molar-refractivity contribution in [3.8, 4) is 0 Å². The highest BCUT2D eigenvalue weighted by atomic mass is 32.2. The lowest BCUT2D eigenvalue weighted by molar-refractivity contribution is -0.134. The Labute approximate surface area is 157 Å². The molecule has 2 saturated heterocycles. The molecule has 2 aliphatic rings. The van der Waals surface area contributed by atoms with E-state index < -0.39 is 0 Å². The van der Waals surface area contributed by atoms with Gasteiger partial charge in [0.15, 0.2) is 0 Å². The van der Waals surface area contributed by atoms with E-state index in [0.29, 0.717) is 31.9 Å². The summed E-state index contributed by atoms with van der Waals surface area (Å²) in [5, 5.41) is 2.85. The Morgan fingerprint density at radius 2 is 1.85 bits per heavy atom. The first kappa shape index (κ1) is 18.7. The first-order valence-corrected chi connectivity index (χ1v) is 9.90. The molecule has 1 unspecified atom stereocenters. The van der Waals surface area contributed by atoms with Crippen LogP contribution in [0.25, 0.3) is 0 Å². The average molecular weight is 376 g/mol. The molecular formula is C18H24N4O3S. The van der Waals surface area contributed by atoms with E-state index in [4.69, 9.17) is 0 Å². The van der Waals surface area contributed by atoms with Gasteiger partial charge < -0.3 is 10.2 Å². The number of amides is 4. The molecule has 26 heavy (non-hydrogen) atoms. The standard InChI is InChI=1S/C18H24N4O3S/c1-20-16(23)11-15(19-18(20)25)21-7-9-22(10-8-21)17(24)13-26-12-14-5-3-2-4-6-14/h2-6,15H,7-13H2,1H3,(H,19,25). The van der Waals surface area contributed by atoms with Crippen LogP contribution in [0, 0.1) is 0 Å². The number of rotatable bonds is 5. The zero-order valence-electron chi connectivity index (χ0n) is 14.9. The number of benzene rings is 1. The van der Waals surface area contributed by atoms with E-state index in [2.05, 4.69) is 22.3 Å². The highest BCUT2D eigenvalue weighted by Gasteiger charge is 2.34. The number of thioether (sulfide) groups is 1. The summed E-state index contributed by atoms with van der Waals surface area (Å²) in [7, 11) is 1.48.